The number of hydrogen-bond acceptors (Lipinski definition) is 0. The number of benzene rings is 8. The SMILES string of the molecule is Cc1ccccc1-c1cc(-c2ccc(C(C)CC(C)(C)C)cc2)cc[n+]1C.Cc1ccccc1-c1cc(-c2ccc(C3CCC(C4CCCCC4)CC3)cc2)cc[n+]1C.[2H]C(C)(CC(C)(C)C)c1ccc(-c2cc[n+](C)c(-c3ccccc3C)c2)cc1.[2H]C1(c2ccc(-c3cc[n+](C)c(-c4ccccc4C)c3)cc2)CCC(C2CCCCC2)CC1. The fourth-order valence-electron chi connectivity index (χ4n) is 20.1. The molecule has 4 heteroatoms. The summed E-state index contributed by atoms with van der Waals surface area (Å²) in [5, 5.41) is 0. The van der Waals surface area contributed by atoms with Crippen LogP contribution in [0.15, 0.2) is 267 Å². The van der Waals surface area contributed by atoms with Crippen LogP contribution < -0.4 is 18.3 Å². The molecule has 0 bridgehead atoms. The van der Waals surface area contributed by atoms with Crippen molar-refractivity contribution in [3.05, 3.63) is 312 Å². The van der Waals surface area contributed by atoms with Crippen molar-refractivity contribution < 1.29 is 21.0 Å². The third-order valence-electron chi connectivity index (χ3n) is 26.9. The largest absolute Gasteiger partial charge is 0.213 e. The van der Waals surface area contributed by atoms with Gasteiger partial charge in [-0.2, -0.15) is 0 Å². The number of hydrogen-bond donors (Lipinski definition) is 0. The lowest BCUT2D eigenvalue weighted by molar-refractivity contribution is -0.660. The molecule has 0 radical (unpaired) electrons. The first-order valence-corrected chi connectivity index (χ1v) is 45.2. The van der Waals surface area contributed by atoms with Gasteiger partial charge in [-0.25, -0.2) is 18.3 Å². The van der Waals surface area contributed by atoms with Gasteiger partial charge < -0.3 is 0 Å². The molecule has 0 aliphatic heterocycles. The Bertz CT molecular complexity index is 5340. The molecular formula is C114H140N4+4. The summed E-state index contributed by atoms with van der Waals surface area (Å²) < 4.78 is 26.8. The molecule has 2 atom stereocenters. The van der Waals surface area contributed by atoms with Crippen LogP contribution in [-0.2, 0) is 28.2 Å². The second-order valence-corrected chi connectivity index (χ2v) is 38.3. The molecule has 0 amide bonds. The maximum Gasteiger partial charge on any atom is 0.213 e. The van der Waals surface area contributed by atoms with E-state index in [9.17, 15) is 1.37 Å². The van der Waals surface area contributed by atoms with Crippen LogP contribution in [0, 0.1) is 62.2 Å². The molecule has 0 saturated heterocycles. The first-order chi connectivity index (χ1) is 57.5. The van der Waals surface area contributed by atoms with Gasteiger partial charge in [0.1, 0.15) is 28.2 Å². The van der Waals surface area contributed by atoms with Gasteiger partial charge in [0.2, 0.25) is 22.8 Å². The van der Waals surface area contributed by atoms with Crippen molar-refractivity contribution in [2.75, 3.05) is 0 Å². The van der Waals surface area contributed by atoms with E-state index in [0.29, 0.717) is 11.3 Å². The Hall–Kier alpha value is -9.64. The molecule has 4 nitrogen and oxygen atoms in total. The van der Waals surface area contributed by atoms with Crippen LogP contribution in [0.4, 0.5) is 0 Å². The first kappa shape index (κ1) is 83.4. The molecule has 0 N–H and O–H groups in total. The zero-order valence-electron chi connectivity index (χ0n) is 76.8. The molecular weight excluding hydrogens is 1430 g/mol. The zero-order valence-corrected chi connectivity index (χ0v) is 74.8. The van der Waals surface area contributed by atoms with Gasteiger partial charge in [0.05, 0.1) is 0 Å². The van der Waals surface area contributed by atoms with Gasteiger partial charge in [0.25, 0.3) is 0 Å². The standard InChI is InChI=1S/2C31H38N.2C26H32N/c2*1-23-8-6-7-11-30(23)31-22-29(20-21-32(31)2)28-18-16-27(17-19-28)26-14-12-25(13-15-26)24-9-4-3-5-10-24;2*1-19-9-7-8-10-24(19)25-17-23(15-16-27(25)6)22-13-11-21(12-14-22)20(2)18-26(3,4)5/h2*6-8,11,16-22,24-26H,3-5,9-10,12-15H2,1-2H3;2*7-17,20H,18H2,1-6H3/q4*+1/i26D;;20D;. The lowest BCUT2D eigenvalue weighted by atomic mass is 9.70. The topological polar surface area (TPSA) is 15.5 Å². The van der Waals surface area contributed by atoms with Crippen LogP contribution in [0.5, 0.6) is 0 Å². The van der Waals surface area contributed by atoms with E-state index in [1.165, 1.54) is 232 Å². The number of rotatable bonds is 16. The molecule has 4 saturated carbocycles. The van der Waals surface area contributed by atoms with Gasteiger partial charge >= 0.3 is 0 Å². The first-order valence-electron chi connectivity index (χ1n) is 46.2. The van der Waals surface area contributed by atoms with Crippen LogP contribution in [-0.4, -0.2) is 0 Å². The minimum Gasteiger partial charge on any atom is -0.201 e. The van der Waals surface area contributed by atoms with Gasteiger partial charge in [-0.3, -0.25) is 0 Å². The normalized spacial score (nSPS) is 19.0. The van der Waals surface area contributed by atoms with Crippen molar-refractivity contribution in [1.29, 1.82) is 0 Å². The predicted octanol–water partition coefficient (Wildman–Crippen LogP) is 29.4. The van der Waals surface area contributed by atoms with Gasteiger partial charge in [-0.1, -0.05) is 289 Å². The summed E-state index contributed by atoms with van der Waals surface area (Å²) in [6.45, 7) is 26.6. The van der Waals surface area contributed by atoms with Crippen molar-refractivity contribution in [3.8, 4) is 89.5 Å². The van der Waals surface area contributed by atoms with E-state index in [4.69, 9.17) is 1.37 Å². The van der Waals surface area contributed by atoms with E-state index in [1.54, 1.807) is 5.56 Å². The lowest BCUT2D eigenvalue weighted by Gasteiger charge is -2.36. The summed E-state index contributed by atoms with van der Waals surface area (Å²) >= 11 is 0. The van der Waals surface area contributed by atoms with Crippen LogP contribution in [0.3, 0.4) is 0 Å². The van der Waals surface area contributed by atoms with E-state index in [-0.39, 0.29) is 5.41 Å². The lowest BCUT2D eigenvalue weighted by Crippen LogP contribution is -2.30. The molecule has 2 unspecified atom stereocenters. The number of aromatic nitrogens is 4. The molecule has 4 aliphatic rings. The Labute approximate surface area is 715 Å². The minimum absolute atomic E-state index is 0.131. The second-order valence-electron chi connectivity index (χ2n) is 38.3. The Morgan fingerprint density at radius 3 is 0.898 bits per heavy atom. The third kappa shape index (κ3) is 22.6. The summed E-state index contributed by atoms with van der Waals surface area (Å²) in [5.41, 5.74) is 31.0. The highest BCUT2D eigenvalue weighted by Gasteiger charge is 2.32. The summed E-state index contributed by atoms with van der Waals surface area (Å²) in [5.74, 6) is 4.21. The highest BCUT2D eigenvalue weighted by molar-refractivity contribution is 5.74. The van der Waals surface area contributed by atoms with Crippen molar-refractivity contribution in [3.63, 3.8) is 0 Å². The molecule has 16 rings (SSSR count). The molecule has 4 aliphatic carbocycles. The molecule has 4 aromatic heterocycles. The third-order valence-corrected chi connectivity index (χ3v) is 26.9. The molecule has 12 aromatic rings. The monoisotopic (exact) mass is 1570 g/mol. The maximum absolute atomic E-state index is 9.24. The van der Waals surface area contributed by atoms with Gasteiger partial charge in [-0.05, 0) is 263 Å². The molecule has 0 spiro atoms. The van der Waals surface area contributed by atoms with Crippen molar-refractivity contribution in [2.45, 2.75) is 235 Å². The summed E-state index contributed by atoms with van der Waals surface area (Å²) in [7, 11) is 8.45. The fourth-order valence-corrected chi connectivity index (χ4v) is 20.1. The van der Waals surface area contributed by atoms with Gasteiger partial charge in [-0.15, -0.1) is 0 Å². The van der Waals surface area contributed by atoms with Crippen molar-refractivity contribution >= 4 is 0 Å². The van der Waals surface area contributed by atoms with E-state index < -0.39 is 11.8 Å². The molecule has 118 heavy (non-hydrogen) atoms. The molecule has 612 valence electrons. The maximum atomic E-state index is 9.24. The van der Waals surface area contributed by atoms with Crippen molar-refractivity contribution in [1.82, 2.24) is 0 Å². The number of pyridine rings is 4. The van der Waals surface area contributed by atoms with E-state index >= 15 is 0 Å². The second kappa shape index (κ2) is 39.9. The Kier molecular flexibility index (Phi) is 28.2. The highest BCUT2D eigenvalue weighted by Crippen LogP contribution is 2.46. The summed E-state index contributed by atoms with van der Waals surface area (Å²) in [4.78, 5) is 0. The van der Waals surface area contributed by atoms with Crippen LogP contribution in [0.1, 0.15) is 255 Å². The van der Waals surface area contributed by atoms with Gasteiger partial charge in [0, 0.05) is 73.5 Å². The Balaban J connectivity index is 0.000000139. The average molecular weight is 1570 g/mol. The molecule has 4 heterocycles. The minimum atomic E-state index is -0.577. The predicted molar refractivity (Wildman–Crippen MR) is 500 cm³/mol. The summed E-state index contributed by atoms with van der Waals surface area (Å²) in [6, 6.07) is 88.4. The Morgan fingerprint density at radius 2 is 0.585 bits per heavy atom. The van der Waals surface area contributed by atoms with Gasteiger partial charge in [0.15, 0.2) is 24.8 Å². The van der Waals surface area contributed by atoms with Crippen molar-refractivity contribution in [2.24, 2.45) is 62.7 Å². The highest BCUT2D eigenvalue weighted by atomic mass is 14.9. The smallest absolute Gasteiger partial charge is 0.201 e. The molecule has 8 aromatic carbocycles. The average Bonchev–Trinajstić information content (AvgIpc) is 0.817. The van der Waals surface area contributed by atoms with Crippen LogP contribution in [0.2, 0.25) is 0 Å². The van der Waals surface area contributed by atoms with Crippen LogP contribution >= 0.6 is 0 Å². The van der Waals surface area contributed by atoms with E-state index in [2.05, 4.69) is 390 Å². The summed E-state index contributed by atoms with van der Waals surface area (Å²) in [6.07, 6.45) is 35.5. The van der Waals surface area contributed by atoms with E-state index in [1.807, 2.05) is 6.92 Å². The molecule has 4 fully saturated rings. The number of nitrogens with zero attached hydrogens (tertiary/aromatic N) is 4. The van der Waals surface area contributed by atoms with E-state index in [0.717, 1.165) is 54.4 Å². The fraction of sp³-hybridized carbons (Fsp3) is 0.404. The zero-order chi connectivity index (χ0) is 84.9. The quantitative estimate of drug-likeness (QED) is 0.0857. The number of aryl methyl sites for hydroxylation is 8. The van der Waals surface area contributed by atoms with Crippen LogP contribution in [0.25, 0.3) is 89.5 Å². The Morgan fingerprint density at radius 1 is 0.305 bits per heavy atom.